The second kappa shape index (κ2) is 5.11. The van der Waals surface area contributed by atoms with Gasteiger partial charge in [0.25, 0.3) is 0 Å². The molecule has 0 aliphatic carbocycles. The van der Waals surface area contributed by atoms with E-state index in [9.17, 15) is 14.7 Å². The zero-order valence-corrected chi connectivity index (χ0v) is 8.85. The molecule has 1 saturated heterocycles. The van der Waals surface area contributed by atoms with Gasteiger partial charge in [0.1, 0.15) is 6.04 Å². The largest absolute Gasteiger partial charge is 0.480 e. The van der Waals surface area contributed by atoms with Gasteiger partial charge < -0.3 is 15.1 Å². The molecule has 0 saturated carbocycles. The van der Waals surface area contributed by atoms with Gasteiger partial charge in [-0.05, 0) is 12.8 Å². The van der Waals surface area contributed by atoms with E-state index in [2.05, 4.69) is 0 Å². The van der Waals surface area contributed by atoms with Crippen molar-refractivity contribution in [2.24, 2.45) is 0 Å². The number of hydrogen-bond acceptors (Lipinski definition) is 3. The number of amides is 1. The normalized spacial score (nSPS) is 26.4. The van der Waals surface area contributed by atoms with Crippen molar-refractivity contribution in [3.8, 4) is 0 Å². The first kappa shape index (κ1) is 12.0. The number of aliphatic hydroxyl groups is 1. The van der Waals surface area contributed by atoms with E-state index in [0.717, 1.165) is 0 Å². The highest BCUT2D eigenvalue weighted by Gasteiger charge is 2.34. The SMILES string of the molecule is CCCC(=O)N1CC[C@@H](O)C[C@H]1C(=O)O. The van der Waals surface area contributed by atoms with Crippen LogP contribution in [0.5, 0.6) is 0 Å². The quantitative estimate of drug-likeness (QED) is 0.706. The fourth-order valence-electron chi connectivity index (χ4n) is 1.84. The first-order chi connectivity index (χ1) is 7.06. The van der Waals surface area contributed by atoms with Crippen molar-refractivity contribution in [1.29, 1.82) is 0 Å². The maximum Gasteiger partial charge on any atom is 0.326 e. The summed E-state index contributed by atoms with van der Waals surface area (Å²) in [4.78, 5) is 23.9. The molecule has 0 aromatic carbocycles. The smallest absolute Gasteiger partial charge is 0.326 e. The Bertz CT molecular complexity index is 254. The summed E-state index contributed by atoms with van der Waals surface area (Å²) in [6, 6.07) is -0.854. The van der Waals surface area contributed by atoms with Crippen LogP contribution in [0.2, 0.25) is 0 Å². The molecule has 15 heavy (non-hydrogen) atoms. The molecule has 0 spiro atoms. The van der Waals surface area contributed by atoms with Crippen LogP contribution in [-0.2, 0) is 9.59 Å². The molecule has 1 aliphatic rings. The minimum Gasteiger partial charge on any atom is -0.480 e. The van der Waals surface area contributed by atoms with Crippen LogP contribution in [0.4, 0.5) is 0 Å². The first-order valence-electron chi connectivity index (χ1n) is 5.26. The average molecular weight is 215 g/mol. The van der Waals surface area contributed by atoms with Gasteiger partial charge in [0.2, 0.25) is 5.91 Å². The molecule has 0 aromatic rings. The van der Waals surface area contributed by atoms with Crippen LogP contribution in [0.25, 0.3) is 0 Å². The molecule has 5 heteroatoms. The Morgan fingerprint density at radius 3 is 2.67 bits per heavy atom. The fourth-order valence-corrected chi connectivity index (χ4v) is 1.84. The zero-order valence-electron chi connectivity index (χ0n) is 8.85. The van der Waals surface area contributed by atoms with Crippen LogP contribution in [0.15, 0.2) is 0 Å². The number of aliphatic carboxylic acids is 1. The summed E-state index contributed by atoms with van der Waals surface area (Å²) in [6.45, 7) is 2.23. The minimum absolute atomic E-state index is 0.128. The number of likely N-dealkylation sites (tertiary alicyclic amines) is 1. The molecule has 1 amide bonds. The number of carboxylic acid groups (broad SMARTS) is 1. The molecule has 0 aromatic heterocycles. The number of nitrogens with zero attached hydrogens (tertiary/aromatic N) is 1. The van der Waals surface area contributed by atoms with E-state index in [4.69, 9.17) is 5.11 Å². The first-order valence-corrected chi connectivity index (χ1v) is 5.26. The number of piperidine rings is 1. The van der Waals surface area contributed by atoms with Gasteiger partial charge in [-0.1, -0.05) is 6.92 Å². The van der Waals surface area contributed by atoms with Crippen LogP contribution >= 0.6 is 0 Å². The molecule has 1 heterocycles. The molecule has 0 unspecified atom stereocenters. The van der Waals surface area contributed by atoms with Crippen LogP contribution in [0, 0.1) is 0 Å². The molecule has 1 rings (SSSR count). The van der Waals surface area contributed by atoms with E-state index in [0.29, 0.717) is 25.8 Å². The van der Waals surface area contributed by atoms with Crippen molar-refractivity contribution in [3.05, 3.63) is 0 Å². The van der Waals surface area contributed by atoms with Crippen LogP contribution in [0.3, 0.4) is 0 Å². The second-order valence-electron chi connectivity index (χ2n) is 3.87. The highest BCUT2D eigenvalue weighted by atomic mass is 16.4. The molecule has 0 bridgehead atoms. The van der Waals surface area contributed by atoms with Gasteiger partial charge in [0.15, 0.2) is 0 Å². The standard InChI is InChI=1S/C10H17NO4/c1-2-3-9(13)11-5-4-7(12)6-8(11)10(14)15/h7-8,12H,2-6H2,1H3,(H,14,15)/t7-,8+/m1/s1. The van der Waals surface area contributed by atoms with Crippen LogP contribution in [-0.4, -0.2) is 45.7 Å². The van der Waals surface area contributed by atoms with E-state index in [1.807, 2.05) is 6.92 Å². The van der Waals surface area contributed by atoms with Crippen LogP contribution in [0.1, 0.15) is 32.6 Å². The van der Waals surface area contributed by atoms with Crippen molar-refractivity contribution >= 4 is 11.9 Å². The maximum absolute atomic E-state index is 11.6. The molecule has 1 aliphatic heterocycles. The number of carbonyl (C=O) groups is 2. The van der Waals surface area contributed by atoms with E-state index < -0.39 is 18.1 Å². The summed E-state index contributed by atoms with van der Waals surface area (Å²) in [5.74, 6) is -1.16. The van der Waals surface area contributed by atoms with Crippen molar-refractivity contribution in [1.82, 2.24) is 4.90 Å². The molecular weight excluding hydrogens is 198 g/mol. The molecule has 1 fully saturated rings. The van der Waals surface area contributed by atoms with Crippen molar-refractivity contribution < 1.29 is 19.8 Å². The van der Waals surface area contributed by atoms with E-state index in [1.54, 1.807) is 0 Å². The third kappa shape index (κ3) is 2.92. The topological polar surface area (TPSA) is 77.8 Å². The fraction of sp³-hybridized carbons (Fsp3) is 0.800. The Kier molecular flexibility index (Phi) is 4.08. The number of aliphatic hydroxyl groups excluding tert-OH is 1. The predicted molar refractivity (Wildman–Crippen MR) is 53.3 cm³/mol. The van der Waals surface area contributed by atoms with Gasteiger partial charge in [0, 0.05) is 19.4 Å². The third-order valence-corrected chi connectivity index (χ3v) is 2.64. The summed E-state index contributed by atoms with van der Waals surface area (Å²) in [7, 11) is 0. The van der Waals surface area contributed by atoms with Gasteiger partial charge >= 0.3 is 5.97 Å². The summed E-state index contributed by atoms with van der Waals surface area (Å²) in [6.07, 6.45) is 1.10. The van der Waals surface area contributed by atoms with Crippen molar-refractivity contribution in [3.63, 3.8) is 0 Å². The summed E-state index contributed by atoms with van der Waals surface area (Å²) < 4.78 is 0. The highest BCUT2D eigenvalue weighted by molar-refractivity contribution is 5.83. The second-order valence-corrected chi connectivity index (χ2v) is 3.87. The Morgan fingerprint density at radius 2 is 2.13 bits per heavy atom. The summed E-state index contributed by atoms with van der Waals surface area (Å²) >= 11 is 0. The zero-order chi connectivity index (χ0) is 11.4. The lowest BCUT2D eigenvalue weighted by molar-refractivity contribution is -0.154. The molecule has 2 N–H and O–H groups in total. The average Bonchev–Trinajstić information content (AvgIpc) is 2.17. The lowest BCUT2D eigenvalue weighted by Crippen LogP contribution is -2.51. The third-order valence-electron chi connectivity index (χ3n) is 2.64. The summed E-state index contributed by atoms with van der Waals surface area (Å²) in [5.41, 5.74) is 0. The number of carbonyl (C=O) groups excluding carboxylic acids is 1. The molecule has 0 radical (unpaired) electrons. The van der Waals surface area contributed by atoms with Gasteiger partial charge in [-0.3, -0.25) is 4.79 Å². The lowest BCUT2D eigenvalue weighted by Gasteiger charge is -2.35. The summed E-state index contributed by atoms with van der Waals surface area (Å²) in [5, 5.41) is 18.3. The van der Waals surface area contributed by atoms with Gasteiger partial charge in [-0.2, -0.15) is 0 Å². The van der Waals surface area contributed by atoms with Crippen molar-refractivity contribution in [2.75, 3.05) is 6.54 Å². The Morgan fingerprint density at radius 1 is 1.47 bits per heavy atom. The number of carboxylic acids is 1. The van der Waals surface area contributed by atoms with E-state index >= 15 is 0 Å². The van der Waals surface area contributed by atoms with E-state index in [-0.39, 0.29) is 12.3 Å². The molecule has 5 nitrogen and oxygen atoms in total. The molecular formula is C10H17NO4. The maximum atomic E-state index is 11.6. The number of hydrogen-bond donors (Lipinski definition) is 2. The highest BCUT2D eigenvalue weighted by Crippen LogP contribution is 2.19. The molecule has 86 valence electrons. The Balaban J connectivity index is 2.68. The molecule has 2 atom stereocenters. The van der Waals surface area contributed by atoms with Gasteiger partial charge in [-0.15, -0.1) is 0 Å². The van der Waals surface area contributed by atoms with E-state index in [1.165, 1.54) is 4.90 Å². The lowest BCUT2D eigenvalue weighted by atomic mass is 9.99. The van der Waals surface area contributed by atoms with Crippen molar-refractivity contribution in [2.45, 2.75) is 44.8 Å². The monoisotopic (exact) mass is 215 g/mol. The van der Waals surface area contributed by atoms with Crippen LogP contribution < -0.4 is 0 Å². The van der Waals surface area contributed by atoms with Gasteiger partial charge in [0.05, 0.1) is 6.10 Å². The Labute approximate surface area is 88.7 Å². The van der Waals surface area contributed by atoms with Gasteiger partial charge in [-0.25, -0.2) is 4.79 Å². The Hall–Kier alpha value is -1.10. The predicted octanol–water partition coefficient (Wildman–Crippen LogP) is 0.223. The minimum atomic E-state index is -1.03. The number of rotatable bonds is 3.